The van der Waals surface area contributed by atoms with Gasteiger partial charge in [-0.25, -0.2) is 9.78 Å². The lowest BCUT2D eigenvalue weighted by Gasteiger charge is -2.10. The second-order valence-corrected chi connectivity index (χ2v) is 9.05. The van der Waals surface area contributed by atoms with Crippen molar-refractivity contribution in [2.75, 3.05) is 12.3 Å². The SMILES string of the molecule is CCCCNC(=O)OS(=O)(=O)CCc1c(C)nn(C)c1-n1ccc2cc(Cl)cnc21. The number of amides is 1. The van der Waals surface area contributed by atoms with Gasteiger partial charge in [-0.15, -0.1) is 0 Å². The highest BCUT2D eigenvalue weighted by molar-refractivity contribution is 7.87. The topological polar surface area (TPSA) is 108 Å². The molecule has 0 unspecified atom stereocenters. The Morgan fingerprint density at radius 1 is 1.37 bits per heavy atom. The van der Waals surface area contributed by atoms with Gasteiger partial charge in [-0.1, -0.05) is 24.9 Å². The van der Waals surface area contributed by atoms with Crippen LogP contribution < -0.4 is 5.32 Å². The summed E-state index contributed by atoms with van der Waals surface area (Å²) in [6.07, 6.45) is 4.19. The van der Waals surface area contributed by atoms with E-state index in [1.165, 1.54) is 0 Å². The van der Waals surface area contributed by atoms with Crippen LogP contribution >= 0.6 is 11.6 Å². The Labute approximate surface area is 180 Å². The molecule has 0 aliphatic heterocycles. The van der Waals surface area contributed by atoms with Gasteiger partial charge >= 0.3 is 16.2 Å². The minimum Gasteiger partial charge on any atom is -0.328 e. The summed E-state index contributed by atoms with van der Waals surface area (Å²) in [6, 6.07) is 3.68. The van der Waals surface area contributed by atoms with Gasteiger partial charge in [-0.2, -0.15) is 13.5 Å². The minimum absolute atomic E-state index is 0.132. The van der Waals surface area contributed by atoms with Gasteiger partial charge in [0, 0.05) is 36.9 Å². The molecule has 3 aromatic rings. The largest absolute Gasteiger partial charge is 0.422 e. The van der Waals surface area contributed by atoms with Crippen molar-refractivity contribution in [3.63, 3.8) is 0 Å². The molecule has 0 saturated heterocycles. The van der Waals surface area contributed by atoms with E-state index in [1.807, 2.05) is 23.8 Å². The fraction of sp³-hybridized carbons (Fsp3) is 0.421. The number of hydrogen-bond acceptors (Lipinski definition) is 6. The normalized spacial score (nSPS) is 11.7. The fourth-order valence-corrected chi connectivity index (χ4v) is 4.23. The number of unbranched alkanes of at least 4 members (excludes halogenated alkanes) is 1. The molecule has 1 N–H and O–H groups in total. The highest BCUT2D eigenvalue weighted by Crippen LogP contribution is 2.25. The first-order valence-corrected chi connectivity index (χ1v) is 11.5. The summed E-state index contributed by atoms with van der Waals surface area (Å²) >= 11 is 6.02. The molecule has 0 aliphatic carbocycles. The van der Waals surface area contributed by atoms with E-state index in [0.717, 1.165) is 23.8 Å². The van der Waals surface area contributed by atoms with E-state index >= 15 is 0 Å². The number of nitrogens with zero attached hydrogens (tertiary/aromatic N) is 4. The van der Waals surface area contributed by atoms with Crippen molar-refractivity contribution in [2.24, 2.45) is 7.05 Å². The van der Waals surface area contributed by atoms with Gasteiger partial charge in [0.2, 0.25) is 0 Å². The van der Waals surface area contributed by atoms with Crippen LogP contribution in [-0.4, -0.2) is 46.1 Å². The third-order valence-corrected chi connectivity index (χ3v) is 5.95. The van der Waals surface area contributed by atoms with Crippen molar-refractivity contribution in [1.82, 2.24) is 24.6 Å². The first kappa shape index (κ1) is 22.1. The van der Waals surface area contributed by atoms with Gasteiger partial charge in [0.25, 0.3) is 0 Å². The van der Waals surface area contributed by atoms with E-state index in [2.05, 4.69) is 19.6 Å². The first-order chi connectivity index (χ1) is 14.2. The first-order valence-electron chi connectivity index (χ1n) is 9.57. The van der Waals surface area contributed by atoms with Crippen LogP contribution in [-0.2, 0) is 27.8 Å². The summed E-state index contributed by atoms with van der Waals surface area (Å²) in [6.45, 7) is 4.14. The number of halogens is 1. The van der Waals surface area contributed by atoms with E-state index in [4.69, 9.17) is 11.6 Å². The summed E-state index contributed by atoms with van der Waals surface area (Å²) in [5.74, 6) is 0.339. The summed E-state index contributed by atoms with van der Waals surface area (Å²) in [5.41, 5.74) is 2.09. The molecule has 0 spiro atoms. The average molecular weight is 454 g/mol. The van der Waals surface area contributed by atoms with Crippen LogP contribution in [0.4, 0.5) is 4.79 Å². The summed E-state index contributed by atoms with van der Waals surface area (Å²) in [4.78, 5) is 16.1. The average Bonchev–Trinajstić information content (AvgIpc) is 3.18. The fourth-order valence-electron chi connectivity index (χ4n) is 3.23. The zero-order valence-electron chi connectivity index (χ0n) is 17.1. The number of aryl methyl sites for hydroxylation is 2. The van der Waals surface area contributed by atoms with Gasteiger partial charge < -0.3 is 9.50 Å². The van der Waals surface area contributed by atoms with Crippen molar-refractivity contribution in [3.8, 4) is 5.82 Å². The van der Waals surface area contributed by atoms with Gasteiger partial charge in [0.05, 0.1) is 16.5 Å². The van der Waals surface area contributed by atoms with Gasteiger partial charge in [-0.3, -0.25) is 9.25 Å². The number of rotatable bonds is 8. The van der Waals surface area contributed by atoms with Crippen molar-refractivity contribution >= 4 is 38.8 Å². The van der Waals surface area contributed by atoms with Crippen LogP contribution in [0.1, 0.15) is 31.0 Å². The summed E-state index contributed by atoms with van der Waals surface area (Å²) in [5, 5.41) is 8.25. The molecule has 0 bridgehead atoms. The maximum absolute atomic E-state index is 12.3. The molecule has 3 rings (SSSR count). The number of nitrogens with one attached hydrogen (secondary N) is 1. The standard InChI is InChI=1S/C19H24ClN5O4S/c1-4-5-8-21-19(26)29-30(27,28)10-7-16-13(2)23-24(3)18(16)25-9-6-14-11-15(20)12-22-17(14)25/h6,9,11-12H,4-5,7-8,10H2,1-3H3,(H,21,26). The molecule has 0 aliphatic rings. The monoisotopic (exact) mass is 453 g/mol. The van der Waals surface area contributed by atoms with Crippen molar-refractivity contribution in [2.45, 2.75) is 33.1 Å². The Kier molecular flexibility index (Phi) is 6.67. The second kappa shape index (κ2) is 9.05. The van der Waals surface area contributed by atoms with Crippen molar-refractivity contribution in [3.05, 3.63) is 40.8 Å². The Morgan fingerprint density at radius 3 is 2.87 bits per heavy atom. The molecule has 0 atom stereocenters. The molecule has 30 heavy (non-hydrogen) atoms. The molecule has 9 nitrogen and oxygen atoms in total. The molecule has 0 fully saturated rings. The Hall–Kier alpha value is -2.59. The van der Waals surface area contributed by atoms with Gasteiger partial charge in [0.15, 0.2) is 0 Å². The lowest BCUT2D eigenvalue weighted by atomic mass is 10.2. The molecule has 1 amide bonds. The predicted molar refractivity (Wildman–Crippen MR) is 114 cm³/mol. The summed E-state index contributed by atoms with van der Waals surface area (Å²) in [7, 11) is -2.27. The highest BCUT2D eigenvalue weighted by atomic mass is 35.5. The lowest BCUT2D eigenvalue weighted by molar-refractivity contribution is 0.202. The Balaban J connectivity index is 1.81. The molecular formula is C19H24ClN5O4S. The van der Waals surface area contributed by atoms with Crippen molar-refractivity contribution < 1.29 is 17.4 Å². The van der Waals surface area contributed by atoms with Crippen LogP contribution in [0.5, 0.6) is 0 Å². The molecule has 0 aromatic carbocycles. The number of aromatic nitrogens is 4. The summed E-state index contributed by atoms with van der Waals surface area (Å²) < 4.78 is 32.7. The predicted octanol–water partition coefficient (Wildman–Crippen LogP) is 3.12. The van der Waals surface area contributed by atoms with Crippen LogP contribution in [0.2, 0.25) is 5.02 Å². The number of hydrogen-bond donors (Lipinski definition) is 1. The lowest BCUT2D eigenvalue weighted by Crippen LogP contribution is -2.29. The third-order valence-electron chi connectivity index (χ3n) is 4.64. The van der Waals surface area contributed by atoms with Crippen LogP contribution in [0, 0.1) is 6.92 Å². The van der Waals surface area contributed by atoms with E-state index in [9.17, 15) is 13.2 Å². The zero-order valence-corrected chi connectivity index (χ0v) is 18.6. The highest BCUT2D eigenvalue weighted by Gasteiger charge is 2.22. The van der Waals surface area contributed by atoms with Gasteiger partial charge in [-0.05, 0) is 31.9 Å². The van der Waals surface area contributed by atoms with Crippen LogP contribution in [0.3, 0.4) is 0 Å². The van der Waals surface area contributed by atoms with E-state index in [1.54, 1.807) is 30.9 Å². The zero-order chi connectivity index (χ0) is 21.9. The quantitative estimate of drug-likeness (QED) is 0.414. The van der Waals surface area contributed by atoms with E-state index in [-0.39, 0.29) is 12.2 Å². The molecule has 162 valence electrons. The third kappa shape index (κ3) is 4.93. The Bertz CT molecular complexity index is 1170. The van der Waals surface area contributed by atoms with E-state index in [0.29, 0.717) is 28.7 Å². The molecule has 0 radical (unpaired) electrons. The maximum Gasteiger partial charge on any atom is 0.422 e. The van der Waals surface area contributed by atoms with Crippen LogP contribution in [0.15, 0.2) is 24.5 Å². The van der Waals surface area contributed by atoms with Crippen molar-refractivity contribution in [1.29, 1.82) is 0 Å². The second-order valence-electron chi connectivity index (χ2n) is 6.93. The number of carbonyl (C=O) groups is 1. The molecule has 3 heterocycles. The van der Waals surface area contributed by atoms with Gasteiger partial charge in [0.1, 0.15) is 11.5 Å². The minimum atomic E-state index is -4.05. The van der Waals surface area contributed by atoms with Crippen LogP contribution in [0.25, 0.3) is 16.9 Å². The number of fused-ring (bicyclic) bond motifs is 1. The molecule has 11 heteroatoms. The van der Waals surface area contributed by atoms with E-state index < -0.39 is 16.2 Å². The molecule has 3 aromatic heterocycles. The smallest absolute Gasteiger partial charge is 0.328 e. The number of carbonyl (C=O) groups excluding carboxylic acids is 1. The molecule has 0 saturated carbocycles. The Morgan fingerprint density at radius 2 is 2.13 bits per heavy atom. The maximum atomic E-state index is 12.3. The molecular weight excluding hydrogens is 430 g/mol. The number of pyridine rings is 1.